The van der Waals surface area contributed by atoms with Crippen molar-refractivity contribution in [1.29, 1.82) is 0 Å². The van der Waals surface area contributed by atoms with Gasteiger partial charge >= 0.3 is 5.97 Å². The second kappa shape index (κ2) is 5.27. The summed E-state index contributed by atoms with van der Waals surface area (Å²) < 4.78 is 0. The minimum Gasteiger partial charge on any atom is -0.480 e. The molecule has 0 aromatic heterocycles. The molecule has 0 amide bonds. The molecule has 0 saturated carbocycles. The Balaban J connectivity index is 2.17. The van der Waals surface area contributed by atoms with Gasteiger partial charge in [-0.1, -0.05) is 42.5 Å². The Morgan fingerprint density at radius 2 is 1.94 bits per heavy atom. The lowest BCUT2D eigenvalue weighted by Gasteiger charge is -2.23. The largest absolute Gasteiger partial charge is 0.480 e. The van der Waals surface area contributed by atoms with Crippen LogP contribution >= 0.6 is 12.2 Å². The highest BCUT2D eigenvalue weighted by Crippen LogP contribution is 2.19. The van der Waals surface area contributed by atoms with Crippen LogP contribution in [0.2, 0.25) is 0 Å². The molecule has 94 valence electrons. The van der Waals surface area contributed by atoms with E-state index in [-0.39, 0.29) is 10.8 Å². The van der Waals surface area contributed by atoms with Crippen LogP contribution in [0.4, 0.5) is 0 Å². The number of hydrogen-bond acceptors (Lipinski definition) is 3. The smallest absolute Gasteiger partial charge is 0.326 e. The zero-order valence-corrected chi connectivity index (χ0v) is 10.5. The highest BCUT2D eigenvalue weighted by molar-refractivity contribution is 7.82. The molecule has 1 atom stereocenters. The van der Waals surface area contributed by atoms with Gasteiger partial charge < -0.3 is 10.0 Å². The minimum absolute atomic E-state index is 0.103. The van der Waals surface area contributed by atoms with Crippen molar-refractivity contribution in [2.24, 2.45) is 0 Å². The van der Waals surface area contributed by atoms with E-state index in [4.69, 9.17) is 17.3 Å². The lowest BCUT2D eigenvalue weighted by atomic mass is 10.1. The Kier molecular flexibility index (Phi) is 3.72. The van der Waals surface area contributed by atoms with Crippen LogP contribution < -0.4 is 0 Å². The number of carboxylic acids is 1. The minimum atomic E-state index is -0.921. The zero-order valence-electron chi connectivity index (χ0n) is 9.70. The number of ketones is 1. The first-order valence-corrected chi connectivity index (χ1v) is 6.15. The fourth-order valence-corrected chi connectivity index (χ4v) is 2.45. The van der Waals surface area contributed by atoms with E-state index in [1.807, 2.05) is 6.07 Å². The fraction of sp³-hybridized carbons (Fsp3) is 0.308. The van der Waals surface area contributed by atoms with Crippen LogP contribution in [0.25, 0.3) is 0 Å². The summed E-state index contributed by atoms with van der Waals surface area (Å²) in [7, 11) is 0. The van der Waals surface area contributed by atoms with E-state index in [0.29, 0.717) is 18.5 Å². The maximum atomic E-state index is 12.1. The predicted octanol–water partition coefficient (Wildman–Crippen LogP) is 1.75. The SMILES string of the molecule is O=C(C(=S)N1CCCC1C(=O)O)c1ccccc1. The molecule has 1 fully saturated rings. The molecular weight excluding hydrogens is 250 g/mol. The van der Waals surface area contributed by atoms with Crippen LogP contribution in [-0.2, 0) is 4.79 Å². The first-order valence-electron chi connectivity index (χ1n) is 5.74. The van der Waals surface area contributed by atoms with E-state index in [9.17, 15) is 9.59 Å². The van der Waals surface area contributed by atoms with Gasteiger partial charge in [-0.2, -0.15) is 0 Å². The van der Waals surface area contributed by atoms with Crippen LogP contribution in [0.1, 0.15) is 23.2 Å². The summed E-state index contributed by atoms with van der Waals surface area (Å²) in [4.78, 5) is 24.8. The summed E-state index contributed by atoms with van der Waals surface area (Å²) in [5.74, 6) is -1.20. The summed E-state index contributed by atoms with van der Waals surface area (Å²) in [5.41, 5.74) is 0.499. The van der Waals surface area contributed by atoms with E-state index < -0.39 is 12.0 Å². The Labute approximate surface area is 110 Å². The van der Waals surface area contributed by atoms with Crippen molar-refractivity contribution in [3.05, 3.63) is 35.9 Å². The highest BCUT2D eigenvalue weighted by Gasteiger charge is 2.34. The van der Waals surface area contributed by atoms with Gasteiger partial charge in [-0.3, -0.25) is 4.79 Å². The zero-order chi connectivity index (χ0) is 13.1. The van der Waals surface area contributed by atoms with Gasteiger partial charge in [0.15, 0.2) is 4.99 Å². The van der Waals surface area contributed by atoms with Crippen molar-refractivity contribution in [2.45, 2.75) is 18.9 Å². The van der Waals surface area contributed by atoms with Crippen molar-refractivity contribution in [3.8, 4) is 0 Å². The standard InChI is InChI=1S/C13H13NO3S/c15-11(9-5-2-1-3-6-9)12(18)14-8-4-7-10(14)13(16)17/h1-3,5-6,10H,4,7-8H2,(H,16,17). The molecule has 1 aliphatic heterocycles. The third-order valence-electron chi connectivity index (χ3n) is 3.03. The predicted molar refractivity (Wildman–Crippen MR) is 70.7 cm³/mol. The monoisotopic (exact) mass is 263 g/mol. The molecule has 1 heterocycles. The number of thiocarbonyl (C=S) groups is 1. The van der Waals surface area contributed by atoms with E-state index >= 15 is 0 Å². The summed E-state index contributed by atoms with van der Waals surface area (Å²) in [6, 6.07) is 8.03. The molecule has 1 saturated heterocycles. The van der Waals surface area contributed by atoms with Crippen molar-refractivity contribution in [3.63, 3.8) is 0 Å². The molecule has 1 aromatic carbocycles. The second-order valence-electron chi connectivity index (χ2n) is 4.19. The third kappa shape index (κ3) is 2.41. The van der Waals surface area contributed by atoms with E-state index in [2.05, 4.69) is 0 Å². The number of carbonyl (C=O) groups is 2. The first-order chi connectivity index (χ1) is 8.61. The van der Waals surface area contributed by atoms with E-state index in [1.165, 1.54) is 4.90 Å². The van der Waals surface area contributed by atoms with Crippen LogP contribution in [-0.4, -0.2) is 39.3 Å². The average molecular weight is 263 g/mol. The molecule has 0 bridgehead atoms. The summed E-state index contributed by atoms with van der Waals surface area (Å²) in [6.07, 6.45) is 1.29. The number of carbonyl (C=O) groups excluding carboxylic acids is 1. The highest BCUT2D eigenvalue weighted by atomic mass is 32.1. The third-order valence-corrected chi connectivity index (χ3v) is 3.45. The van der Waals surface area contributed by atoms with Gasteiger partial charge in [0.1, 0.15) is 6.04 Å². The number of carboxylic acid groups (broad SMARTS) is 1. The normalized spacial score (nSPS) is 18.7. The molecule has 1 aromatic rings. The van der Waals surface area contributed by atoms with Crippen molar-refractivity contribution in [1.82, 2.24) is 4.90 Å². The molecule has 1 N–H and O–H groups in total. The molecule has 0 aliphatic carbocycles. The van der Waals surface area contributed by atoms with Gasteiger partial charge in [0.25, 0.3) is 0 Å². The van der Waals surface area contributed by atoms with E-state index in [1.54, 1.807) is 24.3 Å². The number of Topliss-reactive ketones (excluding diaryl/α,β-unsaturated/α-hetero) is 1. The molecule has 4 nitrogen and oxygen atoms in total. The van der Waals surface area contributed by atoms with Crippen LogP contribution in [0.3, 0.4) is 0 Å². The Morgan fingerprint density at radius 3 is 2.56 bits per heavy atom. The molecule has 5 heteroatoms. The van der Waals surface area contributed by atoms with Crippen LogP contribution in [0.15, 0.2) is 30.3 Å². The molecular formula is C13H13NO3S. The first kappa shape index (κ1) is 12.7. The topological polar surface area (TPSA) is 57.6 Å². The van der Waals surface area contributed by atoms with Crippen LogP contribution in [0.5, 0.6) is 0 Å². The van der Waals surface area contributed by atoms with Gasteiger partial charge in [0.05, 0.1) is 0 Å². The van der Waals surface area contributed by atoms with Crippen molar-refractivity contribution in [2.75, 3.05) is 6.54 Å². The molecule has 2 rings (SSSR count). The Morgan fingerprint density at radius 1 is 1.28 bits per heavy atom. The van der Waals surface area contributed by atoms with Gasteiger partial charge in [0, 0.05) is 12.1 Å². The second-order valence-corrected chi connectivity index (χ2v) is 4.58. The Hall–Kier alpha value is -1.75. The quantitative estimate of drug-likeness (QED) is 0.665. The molecule has 1 unspecified atom stereocenters. The lowest BCUT2D eigenvalue weighted by molar-refractivity contribution is -0.140. The molecule has 18 heavy (non-hydrogen) atoms. The maximum Gasteiger partial charge on any atom is 0.326 e. The van der Waals surface area contributed by atoms with Crippen LogP contribution in [0, 0.1) is 0 Å². The van der Waals surface area contributed by atoms with Crippen molar-refractivity contribution < 1.29 is 14.7 Å². The summed E-state index contributed by atoms with van der Waals surface area (Å²) in [5, 5.41) is 9.07. The van der Waals surface area contributed by atoms with Gasteiger partial charge in [0.2, 0.25) is 5.78 Å². The van der Waals surface area contributed by atoms with Gasteiger partial charge in [-0.15, -0.1) is 0 Å². The lowest BCUT2D eigenvalue weighted by Crippen LogP contribution is -2.42. The number of aliphatic carboxylic acids is 1. The number of nitrogens with zero attached hydrogens (tertiary/aromatic N) is 1. The number of benzene rings is 1. The molecule has 1 aliphatic rings. The van der Waals surface area contributed by atoms with Gasteiger partial charge in [-0.25, -0.2) is 4.79 Å². The number of hydrogen-bond donors (Lipinski definition) is 1. The molecule has 0 radical (unpaired) electrons. The summed E-state index contributed by atoms with van der Waals surface area (Å²) >= 11 is 5.13. The van der Waals surface area contributed by atoms with E-state index in [0.717, 1.165) is 6.42 Å². The summed E-state index contributed by atoms with van der Waals surface area (Å²) in [6.45, 7) is 0.536. The van der Waals surface area contributed by atoms with Crippen molar-refractivity contribution >= 4 is 29.0 Å². The molecule has 0 spiro atoms. The average Bonchev–Trinajstić information content (AvgIpc) is 2.87. The fourth-order valence-electron chi connectivity index (χ4n) is 2.11. The Bertz CT molecular complexity index is 486. The van der Waals surface area contributed by atoms with Gasteiger partial charge in [-0.05, 0) is 12.8 Å². The number of rotatable bonds is 3. The maximum absolute atomic E-state index is 12.1. The number of likely N-dealkylation sites (tertiary alicyclic amines) is 1.